The summed E-state index contributed by atoms with van der Waals surface area (Å²) in [5, 5.41) is 0. The molecule has 0 N–H and O–H groups in total. The van der Waals surface area contributed by atoms with E-state index in [9.17, 15) is 8.42 Å². The van der Waals surface area contributed by atoms with Crippen molar-refractivity contribution in [3.63, 3.8) is 0 Å². The number of hydrogen-bond acceptors (Lipinski definition) is 7. The number of anilines is 1. The van der Waals surface area contributed by atoms with Crippen molar-refractivity contribution in [2.75, 3.05) is 31.6 Å². The van der Waals surface area contributed by atoms with Gasteiger partial charge >= 0.3 is 0 Å². The number of hydrogen-bond donors (Lipinski definition) is 0. The molecule has 9 heteroatoms. The van der Waals surface area contributed by atoms with Crippen molar-refractivity contribution in [3.8, 4) is 17.4 Å². The van der Waals surface area contributed by atoms with Gasteiger partial charge in [0.15, 0.2) is 0 Å². The molecule has 1 aromatic heterocycles. The van der Waals surface area contributed by atoms with E-state index < -0.39 is 10.0 Å². The van der Waals surface area contributed by atoms with E-state index in [-0.39, 0.29) is 6.04 Å². The van der Waals surface area contributed by atoms with Crippen LogP contribution >= 0.6 is 0 Å². The molecule has 168 valence electrons. The van der Waals surface area contributed by atoms with Gasteiger partial charge in [-0.2, -0.15) is 4.31 Å². The zero-order valence-corrected chi connectivity index (χ0v) is 19.1. The van der Waals surface area contributed by atoms with Gasteiger partial charge in [0.2, 0.25) is 15.9 Å². The smallest absolute Gasteiger partial charge is 0.243 e. The van der Waals surface area contributed by atoms with Crippen LogP contribution in [0.2, 0.25) is 0 Å². The van der Waals surface area contributed by atoms with E-state index in [2.05, 4.69) is 9.97 Å². The van der Waals surface area contributed by atoms with Crippen molar-refractivity contribution < 1.29 is 17.9 Å². The van der Waals surface area contributed by atoms with Crippen LogP contribution in [0.5, 0.6) is 17.4 Å². The molecule has 3 aromatic rings. The molecule has 32 heavy (non-hydrogen) atoms. The predicted molar refractivity (Wildman–Crippen MR) is 122 cm³/mol. The standard InChI is InChI=1S/C23H26N4O4S/c1-17-7-9-21(10-8-17)32(28,29)27-12-11-26(15-18(27)2)22-14-23(25-16-24-22)31-20-6-4-5-19(13-20)30-3/h4-10,13-14,16,18H,11-12,15H2,1-3H3/t18-/m1/s1. The lowest BCUT2D eigenvalue weighted by Crippen LogP contribution is -2.54. The number of sulfonamides is 1. The number of methoxy groups -OCH3 is 1. The van der Waals surface area contributed by atoms with E-state index in [1.54, 1.807) is 35.7 Å². The van der Waals surface area contributed by atoms with Crippen molar-refractivity contribution in [2.45, 2.75) is 24.8 Å². The van der Waals surface area contributed by atoms with Gasteiger partial charge in [-0.15, -0.1) is 0 Å². The minimum absolute atomic E-state index is 0.215. The van der Waals surface area contributed by atoms with E-state index in [1.165, 1.54) is 6.33 Å². The molecular weight excluding hydrogens is 428 g/mol. The van der Waals surface area contributed by atoms with Gasteiger partial charge in [-0.3, -0.25) is 0 Å². The summed E-state index contributed by atoms with van der Waals surface area (Å²) in [6.07, 6.45) is 1.45. The molecular formula is C23H26N4O4S. The molecule has 0 amide bonds. The average Bonchev–Trinajstić information content (AvgIpc) is 2.79. The third kappa shape index (κ3) is 4.68. The Kier molecular flexibility index (Phi) is 6.29. The number of rotatable bonds is 6. The highest BCUT2D eigenvalue weighted by molar-refractivity contribution is 7.89. The normalized spacial score (nSPS) is 17.2. The first kappa shape index (κ1) is 22.0. The van der Waals surface area contributed by atoms with Crippen LogP contribution in [0.4, 0.5) is 5.82 Å². The van der Waals surface area contributed by atoms with Gasteiger partial charge in [0.25, 0.3) is 0 Å². The first-order valence-corrected chi connectivity index (χ1v) is 11.8. The monoisotopic (exact) mass is 454 g/mol. The minimum Gasteiger partial charge on any atom is -0.497 e. The minimum atomic E-state index is -3.55. The van der Waals surface area contributed by atoms with Gasteiger partial charge in [-0.25, -0.2) is 18.4 Å². The van der Waals surface area contributed by atoms with Crippen LogP contribution in [0, 0.1) is 6.92 Å². The number of aromatic nitrogens is 2. The fourth-order valence-corrected chi connectivity index (χ4v) is 5.31. The Morgan fingerprint density at radius 3 is 2.47 bits per heavy atom. The zero-order chi connectivity index (χ0) is 22.7. The van der Waals surface area contributed by atoms with Crippen molar-refractivity contribution in [1.82, 2.24) is 14.3 Å². The lowest BCUT2D eigenvalue weighted by molar-refractivity contribution is 0.305. The van der Waals surface area contributed by atoms with Crippen molar-refractivity contribution in [3.05, 3.63) is 66.5 Å². The summed E-state index contributed by atoms with van der Waals surface area (Å²) in [4.78, 5) is 10.9. The van der Waals surface area contributed by atoms with Gasteiger partial charge in [0.1, 0.15) is 23.6 Å². The zero-order valence-electron chi connectivity index (χ0n) is 18.3. The highest BCUT2D eigenvalue weighted by atomic mass is 32.2. The van der Waals surface area contributed by atoms with Crippen LogP contribution in [0.25, 0.3) is 0 Å². The Balaban J connectivity index is 1.47. The van der Waals surface area contributed by atoms with Crippen LogP contribution in [0.3, 0.4) is 0 Å². The molecule has 1 aliphatic rings. The molecule has 0 unspecified atom stereocenters. The lowest BCUT2D eigenvalue weighted by Gasteiger charge is -2.39. The molecule has 4 rings (SSSR count). The Labute approximate surface area is 188 Å². The van der Waals surface area contributed by atoms with E-state index in [0.717, 1.165) is 5.56 Å². The first-order valence-electron chi connectivity index (χ1n) is 10.3. The summed E-state index contributed by atoms with van der Waals surface area (Å²) in [6.45, 7) is 5.25. The van der Waals surface area contributed by atoms with Crippen molar-refractivity contribution >= 4 is 15.8 Å². The van der Waals surface area contributed by atoms with E-state index in [0.29, 0.717) is 47.7 Å². The first-order chi connectivity index (χ1) is 15.4. The number of benzene rings is 2. The van der Waals surface area contributed by atoms with Gasteiger partial charge in [0.05, 0.1) is 12.0 Å². The summed E-state index contributed by atoms with van der Waals surface area (Å²) < 4.78 is 38.9. The van der Waals surface area contributed by atoms with Gasteiger partial charge in [0, 0.05) is 37.8 Å². The molecule has 1 saturated heterocycles. The lowest BCUT2D eigenvalue weighted by atomic mass is 10.2. The van der Waals surface area contributed by atoms with Crippen LogP contribution in [-0.4, -0.2) is 55.5 Å². The summed E-state index contributed by atoms with van der Waals surface area (Å²) in [6, 6.07) is 15.8. The number of nitrogens with zero attached hydrogens (tertiary/aromatic N) is 4. The summed E-state index contributed by atoms with van der Waals surface area (Å²) in [5.41, 5.74) is 1.03. The third-order valence-electron chi connectivity index (χ3n) is 5.41. The number of aryl methyl sites for hydroxylation is 1. The number of piperazine rings is 1. The summed E-state index contributed by atoms with van der Waals surface area (Å²) in [7, 11) is -1.95. The van der Waals surface area contributed by atoms with Crippen LogP contribution in [-0.2, 0) is 10.0 Å². The van der Waals surface area contributed by atoms with E-state index in [4.69, 9.17) is 9.47 Å². The molecule has 1 fully saturated rings. The molecule has 0 saturated carbocycles. The van der Waals surface area contributed by atoms with Gasteiger partial charge in [-0.05, 0) is 38.1 Å². The summed E-state index contributed by atoms with van der Waals surface area (Å²) in [5.74, 6) is 2.40. The molecule has 0 spiro atoms. The Bertz CT molecular complexity index is 1180. The van der Waals surface area contributed by atoms with Crippen LogP contribution in [0.15, 0.2) is 65.8 Å². The largest absolute Gasteiger partial charge is 0.497 e. The molecule has 2 heterocycles. The molecule has 0 aliphatic carbocycles. The fourth-order valence-electron chi connectivity index (χ4n) is 3.70. The summed E-state index contributed by atoms with van der Waals surface area (Å²) >= 11 is 0. The molecule has 0 radical (unpaired) electrons. The molecule has 1 aliphatic heterocycles. The van der Waals surface area contributed by atoms with Crippen LogP contribution in [0.1, 0.15) is 12.5 Å². The average molecular weight is 455 g/mol. The van der Waals surface area contributed by atoms with Gasteiger partial charge in [-0.1, -0.05) is 23.8 Å². The third-order valence-corrected chi connectivity index (χ3v) is 7.44. The maximum atomic E-state index is 13.1. The van der Waals surface area contributed by atoms with E-state index in [1.807, 2.05) is 49.1 Å². The predicted octanol–water partition coefficient (Wildman–Crippen LogP) is 3.49. The SMILES string of the molecule is COc1cccc(Oc2cc(N3CCN(S(=O)(=O)c4ccc(C)cc4)[C@H](C)C3)ncn2)c1. The molecule has 1 atom stereocenters. The molecule has 2 aromatic carbocycles. The Hall–Kier alpha value is -3.17. The van der Waals surface area contributed by atoms with E-state index >= 15 is 0 Å². The molecule has 8 nitrogen and oxygen atoms in total. The second-order valence-electron chi connectivity index (χ2n) is 7.72. The van der Waals surface area contributed by atoms with Crippen molar-refractivity contribution in [2.24, 2.45) is 0 Å². The Morgan fingerprint density at radius 1 is 1.00 bits per heavy atom. The topological polar surface area (TPSA) is 84.9 Å². The fraction of sp³-hybridized carbons (Fsp3) is 0.304. The quantitative estimate of drug-likeness (QED) is 0.564. The maximum absolute atomic E-state index is 13.1. The van der Waals surface area contributed by atoms with Crippen LogP contribution < -0.4 is 14.4 Å². The highest BCUT2D eigenvalue weighted by Crippen LogP contribution is 2.28. The van der Waals surface area contributed by atoms with Gasteiger partial charge < -0.3 is 14.4 Å². The Morgan fingerprint density at radius 2 is 1.75 bits per heavy atom. The molecule has 0 bridgehead atoms. The maximum Gasteiger partial charge on any atom is 0.243 e. The van der Waals surface area contributed by atoms with Crippen molar-refractivity contribution in [1.29, 1.82) is 0 Å². The number of ether oxygens (including phenoxy) is 2. The highest BCUT2D eigenvalue weighted by Gasteiger charge is 2.34. The second kappa shape index (κ2) is 9.13. The second-order valence-corrected chi connectivity index (χ2v) is 9.61.